The van der Waals surface area contributed by atoms with Gasteiger partial charge in [0.15, 0.2) is 6.29 Å². The van der Waals surface area contributed by atoms with Gasteiger partial charge in [-0.3, -0.25) is 4.79 Å². The van der Waals surface area contributed by atoms with Crippen LogP contribution in [0.3, 0.4) is 0 Å². The molecule has 1 rings (SSSR count). The topological polar surface area (TPSA) is 119 Å². The van der Waals surface area contributed by atoms with Crippen molar-refractivity contribution in [3.8, 4) is 0 Å². The first-order valence-corrected chi connectivity index (χ1v) is 6.40. The van der Waals surface area contributed by atoms with Gasteiger partial charge in [0.05, 0.1) is 6.61 Å². The van der Waals surface area contributed by atoms with E-state index in [-0.39, 0.29) is 12.3 Å². The molecule has 19 heavy (non-hydrogen) atoms. The van der Waals surface area contributed by atoms with E-state index < -0.39 is 37.3 Å². The fourth-order valence-electron chi connectivity index (χ4n) is 1.97. The van der Waals surface area contributed by atoms with Crippen LogP contribution in [-0.4, -0.2) is 63.6 Å². The Bertz CT molecular complexity index is 306. The zero-order chi connectivity index (χ0) is 15.1. The summed E-state index contributed by atoms with van der Waals surface area (Å²) in [7, 11) is 0. The first-order chi connectivity index (χ1) is 9.51. The Morgan fingerprint density at radius 3 is 2.68 bits per heavy atom. The van der Waals surface area contributed by atoms with E-state index in [1.165, 1.54) is 0 Å². The largest absolute Gasteiger partial charge is 0.394 e. The summed E-state index contributed by atoms with van der Waals surface area (Å²) in [6, 6.07) is -1.13. The Morgan fingerprint density at radius 2 is 2.05 bits per heavy atom. The quantitative estimate of drug-likeness (QED) is 0.377. The van der Waals surface area contributed by atoms with Crippen molar-refractivity contribution in [1.29, 1.82) is 0 Å². The lowest BCUT2D eigenvalue weighted by Crippen LogP contribution is -2.64. The molecule has 0 aliphatic carbocycles. The number of aliphatic hydroxyl groups excluding tert-OH is 4. The van der Waals surface area contributed by atoms with E-state index in [1.54, 1.807) is 0 Å². The van der Waals surface area contributed by atoms with Gasteiger partial charge in [-0.2, -0.15) is 0 Å². The molecule has 1 unspecified atom stereocenters. The molecule has 0 spiro atoms. The second-order valence-electron chi connectivity index (χ2n) is 4.63. The standard InChI is InChI=1S/C12H23NO6/c1-2-3-4-5-8(15)13-9-11(17)10(16)7(6-14)19-12(9)18/h7,9-12,14,16-18H,2-6H2,1H3,(H,13,15)/t7-,9-,10-,11-,12?/m1/s1/i1D. The summed E-state index contributed by atoms with van der Waals surface area (Å²) >= 11 is 0. The van der Waals surface area contributed by atoms with Gasteiger partial charge in [0.25, 0.3) is 0 Å². The first kappa shape index (κ1) is 14.7. The van der Waals surface area contributed by atoms with Gasteiger partial charge in [0.2, 0.25) is 5.91 Å². The van der Waals surface area contributed by atoms with E-state index >= 15 is 0 Å². The molecule has 1 heterocycles. The fourth-order valence-corrected chi connectivity index (χ4v) is 1.97. The zero-order valence-corrected chi connectivity index (χ0v) is 10.7. The van der Waals surface area contributed by atoms with Crippen LogP contribution in [0.25, 0.3) is 0 Å². The van der Waals surface area contributed by atoms with Crippen LogP contribution in [0.1, 0.15) is 34.0 Å². The number of amides is 1. The average Bonchev–Trinajstić information content (AvgIpc) is 2.43. The minimum Gasteiger partial charge on any atom is -0.394 e. The fraction of sp³-hybridized carbons (Fsp3) is 0.917. The normalized spacial score (nSPS) is 35.8. The third-order valence-corrected chi connectivity index (χ3v) is 3.13. The highest BCUT2D eigenvalue weighted by Crippen LogP contribution is 2.19. The van der Waals surface area contributed by atoms with Gasteiger partial charge in [-0.05, 0) is 6.42 Å². The van der Waals surface area contributed by atoms with E-state index in [9.17, 15) is 20.1 Å². The highest BCUT2D eigenvalue weighted by molar-refractivity contribution is 5.76. The maximum absolute atomic E-state index is 11.7. The van der Waals surface area contributed by atoms with Crippen LogP contribution in [-0.2, 0) is 9.53 Å². The average molecular weight is 278 g/mol. The monoisotopic (exact) mass is 278 g/mol. The molecule has 7 heteroatoms. The number of ether oxygens (including phenoxy) is 1. The number of carbonyl (C=O) groups is 1. The molecule has 0 bridgehead atoms. The third kappa shape index (κ3) is 4.39. The number of rotatable bonds is 6. The minimum absolute atomic E-state index is 0.218. The second-order valence-corrected chi connectivity index (χ2v) is 4.63. The molecule has 7 nitrogen and oxygen atoms in total. The minimum atomic E-state index is -1.48. The lowest BCUT2D eigenvalue weighted by Gasteiger charge is -2.40. The molecular formula is C12H23NO6. The van der Waals surface area contributed by atoms with Crippen molar-refractivity contribution in [2.75, 3.05) is 6.61 Å². The lowest BCUT2D eigenvalue weighted by molar-refractivity contribution is -0.253. The SMILES string of the molecule is [2H]CCCCCC(=O)N[C@H]1C(O)O[C@H](CO)[C@@H](O)[C@@H]1O. The smallest absolute Gasteiger partial charge is 0.220 e. The highest BCUT2D eigenvalue weighted by Gasteiger charge is 2.44. The van der Waals surface area contributed by atoms with Crippen LogP contribution >= 0.6 is 0 Å². The Hall–Kier alpha value is -0.730. The van der Waals surface area contributed by atoms with E-state index in [0.29, 0.717) is 13.3 Å². The van der Waals surface area contributed by atoms with Crippen LogP contribution in [0.15, 0.2) is 0 Å². The van der Waals surface area contributed by atoms with Gasteiger partial charge in [-0.1, -0.05) is 19.7 Å². The molecule has 1 amide bonds. The number of hydrogen-bond acceptors (Lipinski definition) is 6. The summed E-state index contributed by atoms with van der Waals surface area (Å²) in [5.74, 6) is -0.365. The molecule has 1 aliphatic rings. The second kappa shape index (κ2) is 7.76. The summed E-state index contributed by atoms with van der Waals surface area (Å²) < 4.78 is 11.9. The van der Waals surface area contributed by atoms with E-state index in [1.807, 2.05) is 0 Å². The molecule has 0 aromatic heterocycles. The molecule has 0 aromatic carbocycles. The maximum Gasteiger partial charge on any atom is 0.220 e. The number of aliphatic hydroxyl groups is 4. The molecule has 1 aliphatic heterocycles. The van der Waals surface area contributed by atoms with Crippen molar-refractivity contribution >= 4 is 5.91 Å². The molecule has 112 valence electrons. The van der Waals surface area contributed by atoms with Crippen molar-refractivity contribution in [3.63, 3.8) is 0 Å². The molecule has 1 fully saturated rings. The van der Waals surface area contributed by atoms with Crippen molar-refractivity contribution in [1.82, 2.24) is 5.32 Å². The van der Waals surface area contributed by atoms with Gasteiger partial charge >= 0.3 is 0 Å². The molecule has 5 atom stereocenters. The summed E-state index contributed by atoms with van der Waals surface area (Å²) in [5.41, 5.74) is 0. The lowest BCUT2D eigenvalue weighted by atomic mass is 9.97. The van der Waals surface area contributed by atoms with Gasteiger partial charge in [-0.25, -0.2) is 0 Å². The number of nitrogens with one attached hydrogen (secondary N) is 1. The molecule has 0 aromatic rings. The number of hydrogen-bond donors (Lipinski definition) is 5. The molecule has 0 saturated carbocycles. The van der Waals surface area contributed by atoms with Crippen molar-refractivity contribution in [2.45, 2.75) is 63.2 Å². The summed E-state index contributed by atoms with van der Waals surface area (Å²) in [6.07, 6.45) is -3.03. The van der Waals surface area contributed by atoms with Crippen LogP contribution in [0.5, 0.6) is 0 Å². The molecular weight excluding hydrogens is 254 g/mol. The van der Waals surface area contributed by atoms with E-state index in [0.717, 1.165) is 12.8 Å². The summed E-state index contributed by atoms with van der Waals surface area (Å²) in [5, 5.41) is 40.5. The van der Waals surface area contributed by atoms with E-state index in [4.69, 9.17) is 11.2 Å². The van der Waals surface area contributed by atoms with Crippen molar-refractivity contribution in [3.05, 3.63) is 0 Å². The van der Waals surface area contributed by atoms with Gasteiger partial charge < -0.3 is 30.5 Å². The maximum atomic E-state index is 11.7. The van der Waals surface area contributed by atoms with Crippen molar-refractivity contribution in [2.24, 2.45) is 0 Å². The predicted octanol–water partition coefficient (Wildman–Crippen LogP) is -1.52. The van der Waals surface area contributed by atoms with Gasteiger partial charge in [-0.15, -0.1) is 0 Å². The molecule has 0 radical (unpaired) electrons. The summed E-state index contributed by atoms with van der Waals surface area (Å²) in [4.78, 5) is 11.7. The number of unbranched alkanes of at least 4 members (excludes halogenated alkanes) is 2. The van der Waals surface area contributed by atoms with Gasteiger partial charge in [0.1, 0.15) is 24.4 Å². The Labute approximate surface area is 113 Å². The van der Waals surface area contributed by atoms with Crippen LogP contribution in [0.2, 0.25) is 0 Å². The highest BCUT2D eigenvalue weighted by atomic mass is 16.6. The number of carbonyl (C=O) groups excluding carboxylic acids is 1. The Morgan fingerprint density at radius 1 is 1.32 bits per heavy atom. The van der Waals surface area contributed by atoms with Crippen molar-refractivity contribution < 1.29 is 31.3 Å². The van der Waals surface area contributed by atoms with Gasteiger partial charge in [0, 0.05) is 7.79 Å². The molecule has 5 N–H and O–H groups in total. The predicted molar refractivity (Wildman–Crippen MR) is 66.1 cm³/mol. The molecule has 1 saturated heterocycles. The third-order valence-electron chi connectivity index (χ3n) is 3.13. The Balaban J connectivity index is 2.43. The van der Waals surface area contributed by atoms with Crippen LogP contribution in [0, 0.1) is 0 Å². The first-order valence-electron chi connectivity index (χ1n) is 7.11. The Kier molecular flexibility index (Phi) is 5.99. The summed E-state index contributed by atoms with van der Waals surface area (Å²) in [6.45, 7) is -0.215. The van der Waals surface area contributed by atoms with Crippen LogP contribution in [0.4, 0.5) is 0 Å². The van der Waals surface area contributed by atoms with Crippen LogP contribution < -0.4 is 5.32 Å². The van der Waals surface area contributed by atoms with E-state index in [2.05, 4.69) is 5.32 Å². The zero-order valence-electron chi connectivity index (χ0n) is 11.7.